The van der Waals surface area contributed by atoms with Crippen LogP contribution in [0.3, 0.4) is 0 Å². The van der Waals surface area contributed by atoms with Crippen molar-refractivity contribution in [2.24, 2.45) is 11.3 Å². The fourth-order valence-corrected chi connectivity index (χ4v) is 15.2. The Morgan fingerprint density at radius 1 is 0.647 bits per heavy atom. The van der Waals surface area contributed by atoms with Crippen molar-refractivity contribution in [2.75, 3.05) is 135 Å². The normalized spacial score (nSPS) is 17.9. The molecule has 1 saturated heterocycles. The van der Waals surface area contributed by atoms with E-state index in [-0.39, 0.29) is 142 Å². The summed E-state index contributed by atoms with van der Waals surface area (Å²) in [5.41, 5.74) is 16.1. The summed E-state index contributed by atoms with van der Waals surface area (Å²) >= 11 is 0. The number of para-hydroxylation sites is 1. The number of hydrogen-bond acceptors (Lipinski definition) is 23. The Labute approximate surface area is 673 Å². The number of carbonyl (C=O) groups excluding carboxylic acids is 8. The van der Waals surface area contributed by atoms with Crippen molar-refractivity contribution >= 4 is 87.2 Å². The van der Waals surface area contributed by atoms with E-state index in [1.54, 1.807) is 72.1 Å². The summed E-state index contributed by atoms with van der Waals surface area (Å²) in [7, 11) is 6.52. The van der Waals surface area contributed by atoms with Crippen LogP contribution in [0.15, 0.2) is 128 Å². The van der Waals surface area contributed by atoms with Gasteiger partial charge in [-0.15, -0.1) is 5.53 Å². The Balaban J connectivity index is 0.499. The summed E-state index contributed by atoms with van der Waals surface area (Å²) in [5.74, 6) is -0.733. The van der Waals surface area contributed by atoms with Gasteiger partial charge in [0.2, 0.25) is 29.5 Å². The fraction of sp³-hybridized carbons (Fsp3) is 0.435. The molecule has 1 spiro atoms. The average Bonchev–Trinajstić information content (AvgIpc) is 1.56. The van der Waals surface area contributed by atoms with Gasteiger partial charge in [-0.2, -0.15) is 0 Å². The third-order valence-electron chi connectivity index (χ3n) is 21.7. The van der Waals surface area contributed by atoms with Crippen LogP contribution in [0.4, 0.5) is 27.5 Å². The predicted octanol–water partition coefficient (Wildman–Crippen LogP) is 7.98. The summed E-state index contributed by atoms with van der Waals surface area (Å²) in [6, 6.07) is 33.7. The van der Waals surface area contributed by atoms with Crippen molar-refractivity contribution in [2.45, 2.75) is 116 Å². The second kappa shape index (κ2) is 37.9. The molecule has 0 bridgehead atoms. The highest BCUT2D eigenvalue weighted by Gasteiger charge is 2.58. The van der Waals surface area contributed by atoms with E-state index in [4.69, 9.17) is 47.4 Å². The molecular formula is C85H102N12O19. The minimum atomic E-state index is -1.49. The largest absolute Gasteiger partial charge is 0.497 e. The Morgan fingerprint density at radius 2 is 1.29 bits per heavy atom. The SMILES string of the molecule is COc1ccc(C2=CN3C(=O)c4cc(OC)c(OCCCOc5cc6c(cc5OC)C(=O)N5CC7(CC7)C[C@H]5C(O)N6C(=O)OCc5ccc(NC(=O)[C@H](C)NC(=O)[C@@H](NC(=O)CCOCCOCCOCCOCCC(=O)NCCC(=O)N6Cc7ccccc7C7=C(NNN7C)c7ccccc76)C(C)C)cc5)cc4NC[C@@H]3C2)cc1. The molecule has 1 saturated carbocycles. The highest BCUT2D eigenvalue weighted by atomic mass is 16.6. The van der Waals surface area contributed by atoms with Gasteiger partial charge in [0.15, 0.2) is 29.2 Å². The lowest BCUT2D eigenvalue weighted by atomic mass is 9.96. The molecule has 8 N–H and O–H groups in total. The Bertz CT molecular complexity index is 4650. The van der Waals surface area contributed by atoms with Crippen molar-refractivity contribution in [1.82, 2.24) is 41.7 Å². The van der Waals surface area contributed by atoms with Crippen molar-refractivity contribution in [3.63, 3.8) is 0 Å². The number of amides is 8. The quantitative estimate of drug-likeness (QED) is 0.0173. The number of carbonyl (C=O) groups is 8. The van der Waals surface area contributed by atoms with E-state index in [2.05, 4.69) is 37.5 Å². The van der Waals surface area contributed by atoms with Crippen LogP contribution in [-0.2, 0) is 60.8 Å². The predicted molar refractivity (Wildman–Crippen MR) is 430 cm³/mol. The molecule has 13 rings (SSSR count). The van der Waals surface area contributed by atoms with Crippen LogP contribution in [-0.4, -0.2) is 212 Å². The summed E-state index contributed by atoms with van der Waals surface area (Å²) in [5, 5.41) is 28.7. The van der Waals surface area contributed by atoms with E-state index in [0.717, 1.165) is 68.4 Å². The van der Waals surface area contributed by atoms with Crippen LogP contribution < -0.4 is 71.0 Å². The van der Waals surface area contributed by atoms with E-state index in [9.17, 15) is 43.5 Å². The van der Waals surface area contributed by atoms with Crippen LogP contribution >= 0.6 is 0 Å². The molecule has 6 heterocycles. The number of rotatable bonds is 36. The molecule has 7 aliphatic rings. The van der Waals surface area contributed by atoms with Crippen LogP contribution in [0.1, 0.15) is 121 Å². The van der Waals surface area contributed by atoms with Gasteiger partial charge in [0, 0.05) is 87.5 Å². The van der Waals surface area contributed by atoms with Crippen molar-refractivity contribution < 1.29 is 90.8 Å². The number of fused-ring (bicyclic) bond motifs is 8. The zero-order chi connectivity index (χ0) is 81.6. The maximum Gasteiger partial charge on any atom is 0.416 e. The van der Waals surface area contributed by atoms with Gasteiger partial charge in [0.05, 0.1) is 146 Å². The fourth-order valence-electron chi connectivity index (χ4n) is 15.2. The van der Waals surface area contributed by atoms with Gasteiger partial charge in [-0.05, 0) is 109 Å². The van der Waals surface area contributed by atoms with Crippen LogP contribution in [0, 0.1) is 11.3 Å². The van der Waals surface area contributed by atoms with E-state index >= 15 is 0 Å². The highest BCUT2D eigenvalue weighted by molar-refractivity contribution is 6.07. The number of hydrogen-bond donors (Lipinski definition) is 8. The first kappa shape index (κ1) is 82.5. The lowest BCUT2D eigenvalue weighted by Gasteiger charge is -2.31. The maximum absolute atomic E-state index is 14.5. The number of aliphatic hydroxyl groups excluding tert-OH is 1. The third kappa shape index (κ3) is 19.4. The van der Waals surface area contributed by atoms with Gasteiger partial charge in [-0.3, -0.25) is 38.6 Å². The zero-order valence-corrected chi connectivity index (χ0v) is 66.4. The summed E-state index contributed by atoms with van der Waals surface area (Å²) in [6.07, 6.45) is 3.02. The molecule has 0 aromatic heterocycles. The van der Waals surface area contributed by atoms with E-state index in [1.165, 1.54) is 33.3 Å². The van der Waals surface area contributed by atoms with Crippen molar-refractivity contribution in [1.29, 1.82) is 0 Å². The molecule has 31 heteroatoms. The molecule has 5 atom stereocenters. The Hall–Kier alpha value is -11.5. The Kier molecular flexibility index (Phi) is 26.9. The molecule has 1 aliphatic carbocycles. The van der Waals surface area contributed by atoms with Gasteiger partial charge >= 0.3 is 6.09 Å². The van der Waals surface area contributed by atoms with Crippen LogP contribution in [0.2, 0.25) is 0 Å². The first-order valence-electron chi connectivity index (χ1n) is 39.3. The first-order chi connectivity index (χ1) is 56.2. The zero-order valence-electron chi connectivity index (χ0n) is 66.4. The smallest absolute Gasteiger partial charge is 0.416 e. The summed E-state index contributed by atoms with van der Waals surface area (Å²) < 4.78 is 57.7. The maximum atomic E-state index is 14.5. The molecule has 0 radical (unpaired) electrons. The van der Waals surface area contributed by atoms with Crippen molar-refractivity contribution in [3.8, 4) is 28.7 Å². The molecule has 2 fully saturated rings. The summed E-state index contributed by atoms with van der Waals surface area (Å²) in [4.78, 5) is 116. The minimum absolute atomic E-state index is 0.0286. The van der Waals surface area contributed by atoms with Crippen LogP contribution in [0.5, 0.6) is 28.7 Å². The first-order valence-corrected chi connectivity index (χ1v) is 39.3. The van der Waals surface area contributed by atoms with Crippen LogP contribution in [0.25, 0.3) is 17.0 Å². The molecular weight excluding hydrogens is 1490 g/mol. The standard InChI is InChI=1S/C85H102N12O19/c1-52(2)76(90-74(99)27-34-111-36-38-113-40-39-112-37-35-110-33-26-73(98)86-30-25-75(100)95-48-56-13-8-9-14-61(56)78-77(91-92-93(78)4)62-15-10-11-16-66(62)95)80(102)88-53(3)79(101)89-58-21-17-54(18-22-58)50-116-84(106)97-67-45-72(70(109-7)43-64(67)82(104)96-51-85(28-29-85)46-68(96)83(97)105)115-32-12-31-114-71-44-65-63(42-69(71)108-6)81(103)94-49-57(41-59(94)47-87-65)55-19-23-60(107-5)24-20-55/h8-11,13-24,42-45,49,52-53,59,68,76,83,87,91-92,105H,12,25-41,46-48,50-51H2,1-7H3,(H,86,98)(H,88,102)(H,89,101)(H,90,99)/t53-,59-,68-,76-,83?/m0/s1. The molecule has 1 unspecified atom stereocenters. The number of anilines is 4. The van der Waals surface area contributed by atoms with Gasteiger partial charge in [0.25, 0.3) is 11.8 Å². The number of hydrazine groups is 2. The van der Waals surface area contributed by atoms with Gasteiger partial charge < -0.3 is 99.2 Å². The Morgan fingerprint density at radius 3 is 1.97 bits per heavy atom. The second-order valence-electron chi connectivity index (χ2n) is 29.9. The number of benzene rings is 6. The number of nitrogens with one attached hydrogen (secondary N) is 7. The number of ether oxygens (including phenoxy) is 10. The highest BCUT2D eigenvalue weighted by Crippen LogP contribution is 2.57. The number of nitrogens with zero attached hydrogens (tertiary/aromatic N) is 5. The molecule has 116 heavy (non-hydrogen) atoms. The number of aliphatic hydroxyl groups is 1. The lowest BCUT2D eigenvalue weighted by molar-refractivity contribution is -0.132. The molecule has 6 aromatic carbocycles. The number of methoxy groups -OCH3 is 3. The molecule has 616 valence electrons. The van der Waals surface area contributed by atoms with Gasteiger partial charge in [0.1, 0.15) is 24.4 Å². The van der Waals surface area contributed by atoms with E-state index in [0.29, 0.717) is 92.7 Å². The molecule has 6 aromatic rings. The van der Waals surface area contributed by atoms with E-state index < -0.39 is 48.2 Å². The third-order valence-corrected chi connectivity index (χ3v) is 21.7. The monoisotopic (exact) mass is 1590 g/mol. The molecule has 31 nitrogen and oxygen atoms in total. The second-order valence-corrected chi connectivity index (χ2v) is 29.9. The van der Waals surface area contributed by atoms with Gasteiger partial charge in [-0.1, -0.05) is 80.6 Å². The molecule has 6 aliphatic heterocycles. The minimum Gasteiger partial charge on any atom is -0.497 e. The topological polar surface area (TPSA) is 349 Å². The van der Waals surface area contributed by atoms with E-state index in [1.807, 2.05) is 91.1 Å². The van der Waals surface area contributed by atoms with Gasteiger partial charge in [-0.25, -0.2) is 9.69 Å². The summed E-state index contributed by atoms with van der Waals surface area (Å²) in [6.45, 7) is 8.45. The lowest BCUT2D eigenvalue weighted by Crippen LogP contribution is -2.53. The van der Waals surface area contributed by atoms with Crippen molar-refractivity contribution in [3.05, 3.63) is 166 Å². The average molecular weight is 1600 g/mol. The molecule has 8 amide bonds.